The molecule has 0 spiro atoms. The molecule has 2 nitrogen and oxygen atoms in total. The maximum atomic E-state index is 13.3. The number of benzene rings is 1. The molecule has 1 rings (SSSR count). The van der Waals surface area contributed by atoms with Crippen molar-refractivity contribution >= 4 is 0 Å². The fourth-order valence-electron chi connectivity index (χ4n) is 1.52. The Morgan fingerprint density at radius 3 is 2.11 bits per heavy atom. The Morgan fingerprint density at radius 2 is 1.67 bits per heavy atom. The van der Waals surface area contributed by atoms with Crippen LogP contribution in [-0.2, 0) is 6.54 Å². The third-order valence-electron chi connectivity index (χ3n) is 2.26. The van der Waals surface area contributed by atoms with E-state index in [2.05, 4.69) is 0 Å². The van der Waals surface area contributed by atoms with Gasteiger partial charge in [-0.15, -0.1) is 0 Å². The molecule has 0 bridgehead atoms. The Morgan fingerprint density at radius 1 is 1.11 bits per heavy atom. The predicted octanol–water partition coefficient (Wildman–Crippen LogP) is 2.32. The van der Waals surface area contributed by atoms with Gasteiger partial charge in [0, 0.05) is 18.7 Å². The van der Waals surface area contributed by atoms with Gasteiger partial charge < -0.3 is 5.11 Å². The molecule has 0 radical (unpaired) electrons. The first-order valence-corrected chi connectivity index (χ1v) is 5.16. The van der Waals surface area contributed by atoms with E-state index < -0.39 is 43.1 Å². The number of hydrogen-bond donors (Lipinski definition) is 1. The molecule has 1 aromatic carbocycles. The molecule has 0 aliphatic carbocycles. The van der Waals surface area contributed by atoms with E-state index in [0.29, 0.717) is 0 Å². The van der Waals surface area contributed by atoms with Gasteiger partial charge in [0.15, 0.2) is 0 Å². The average Bonchev–Trinajstić information content (AvgIpc) is 2.21. The van der Waals surface area contributed by atoms with Crippen molar-refractivity contribution in [3.8, 4) is 0 Å². The van der Waals surface area contributed by atoms with E-state index in [-0.39, 0.29) is 6.54 Å². The van der Waals surface area contributed by atoms with Crippen molar-refractivity contribution in [2.45, 2.75) is 12.7 Å². The summed E-state index contributed by atoms with van der Waals surface area (Å²) in [4.78, 5) is 0.738. The molecule has 0 saturated carbocycles. The lowest BCUT2D eigenvalue weighted by Crippen LogP contribution is -2.36. The van der Waals surface area contributed by atoms with Crippen LogP contribution in [0.1, 0.15) is 5.56 Å². The van der Waals surface area contributed by atoms with Gasteiger partial charge in [0.1, 0.15) is 11.6 Å². The molecule has 0 aliphatic rings. The molecule has 0 heterocycles. The van der Waals surface area contributed by atoms with Crippen LogP contribution in [0.4, 0.5) is 22.0 Å². The van der Waals surface area contributed by atoms with Gasteiger partial charge >= 0.3 is 6.18 Å². The van der Waals surface area contributed by atoms with E-state index in [0.717, 1.165) is 23.1 Å². The maximum absolute atomic E-state index is 13.3. The predicted molar refractivity (Wildman–Crippen MR) is 54.8 cm³/mol. The first-order valence-electron chi connectivity index (χ1n) is 5.16. The normalized spacial score (nSPS) is 12.2. The van der Waals surface area contributed by atoms with Crippen molar-refractivity contribution in [3.05, 3.63) is 35.4 Å². The minimum atomic E-state index is -4.49. The fraction of sp³-hybridized carbons (Fsp3) is 0.455. The number of alkyl halides is 3. The number of halogens is 5. The Kier molecular flexibility index (Phi) is 5.03. The van der Waals surface area contributed by atoms with Crippen LogP contribution in [0.3, 0.4) is 0 Å². The van der Waals surface area contributed by atoms with E-state index in [1.54, 1.807) is 0 Å². The topological polar surface area (TPSA) is 23.5 Å². The van der Waals surface area contributed by atoms with Crippen LogP contribution >= 0.6 is 0 Å². The Hall–Kier alpha value is -1.21. The summed E-state index contributed by atoms with van der Waals surface area (Å²) in [6.07, 6.45) is -4.49. The van der Waals surface area contributed by atoms with Crippen molar-refractivity contribution < 1.29 is 27.1 Å². The lowest BCUT2D eigenvalue weighted by Gasteiger charge is -2.23. The summed E-state index contributed by atoms with van der Waals surface area (Å²) in [6, 6.07) is 3.08. The number of nitrogens with zero attached hydrogens (tertiary/aromatic N) is 1. The molecule has 0 amide bonds. The maximum Gasteiger partial charge on any atom is 0.401 e. The van der Waals surface area contributed by atoms with E-state index in [4.69, 9.17) is 5.11 Å². The van der Waals surface area contributed by atoms with Gasteiger partial charge in [0.05, 0.1) is 13.2 Å². The van der Waals surface area contributed by atoms with Crippen LogP contribution in [0.2, 0.25) is 0 Å². The van der Waals surface area contributed by atoms with Gasteiger partial charge in [-0.25, -0.2) is 8.78 Å². The molecule has 0 fully saturated rings. The molecule has 18 heavy (non-hydrogen) atoms. The smallest absolute Gasteiger partial charge is 0.395 e. The summed E-state index contributed by atoms with van der Waals surface area (Å²) in [6.45, 7) is -2.71. The molecule has 102 valence electrons. The van der Waals surface area contributed by atoms with Gasteiger partial charge in [-0.2, -0.15) is 13.2 Å². The standard InChI is InChI=1S/C11H12F5NO/c12-9-2-1-3-10(13)8(9)6-17(4-5-18)7-11(14,15)16/h1-3,18H,4-7H2. The minimum absolute atomic E-state index is 0.312. The number of hydrogen-bond acceptors (Lipinski definition) is 2. The Labute approximate surface area is 101 Å². The summed E-state index contributed by atoms with van der Waals surface area (Å²) in [5, 5.41) is 8.65. The van der Waals surface area contributed by atoms with Gasteiger partial charge in [-0.05, 0) is 12.1 Å². The third-order valence-corrected chi connectivity index (χ3v) is 2.26. The van der Waals surface area contributed by atoms with E-state index >= 15 is 0 Å². The summed E-state index contributed by atoms with van der Waals surface area (Å²) >= 11 is 0. The Bertz CT molecular complexity index is 373. The summed E-state index contributed by atoms with van der Waals surface area (Å²) in [7, 11) is 0. The van der Waals surface area contributed by atoms with Crippen molar-refractivity contribution in [2.75, 3.05) is 19.7 Å². The zero-order valence-corrected chi connectivity index (χ0v) is 9.34. The van der Waals surface area contributed by atoms with Crippen LogP contribution in [0.15, 0.2) is 18.2 Å². The zero-order valence-electron chi connectivity index (χ0n) is 9.34. The lowest BCUT2D eigenvalue weighted by atomic mass is 10.2. The van der Waals surface area contributed by atoms with Crippen LogP contribution < -0.4 is 0 Å². The second kappa shape index (κ2) is 6.10. The summed E-state index contributed by atoms with van der Waals surface area (Å²) in [5.41, 5.74) is -0.435. The minimum Gasteiger partial charge on any atom is -0.395 e. The molecule has 0 aliphatic heterocycles. The van der Waals surface area contributed by atoms with Crippen LogP contribution in [-0.4, -0.2) is 35.9 Å². The van der Waals surface area contributed by atoms with Crippen LogP contribution in [0.25, 0.3) is 0 Å². The summed E-state index contributed by atoms with van der Waals surface area (Å²) < 4.78 is 63.2. The first kappa shape index (κ1) is 14.8. The van der Waals surface area contributed by atoms with Crippen LogP contribution in [0.5, 0.6) is 0 Å². The van der Waals surface area contributed by atoms with E-state index in [1.807, 2.05) is 0 Å². The molecule has 7 heteroatoms. The van der Waals surface area contributed by atoms with Gasteiger partial charge in [0.25, 0.3) is 0 Å². The molecule has 0 atom stereocenters. The van der Waals surface area contributed by atoms with Gasteiger partial charge in [-0.1, -0.05) is 6.07 Å². The fourth-order valence-corrected chi connectivity index (χ4v) is 1.52. The second-order valence-electron chi connectivity index (χ2n) is 3.75. The van der Waals surface area contributed by atoms with Crippen molar-refractivity contribution in [2.24, 2.45) is 0 Å². The quantitative estimate of drug-likeness (QED) is 0.829. The SMILES string of the molecule is OCCN(Cc1c(F)cccc1F)CC(F)(F)F. The highest BCUT2D eigenvalue weighted by Crippen LogP contribution is 2.20. The second-order valence-corrected chi connectivity index (χ2v) is 3.75. The van der Waals surface area contributed by atoms with Crippen molar-refractivity contribution in [1.82, 2.24) is 4.90 Å². The largest absolute Gasteiger partial charge is 0.401 e. The highest BCUT2D eigenvalue weighted by Gasteiger charge is 2.31. The third kappa shape index (κ3) is 4.58. The van der Waals surface area contributed by atoms with Crippen molar-refractivity contribution in [3.63, 3.8) is 0 Å². The molecular formula is C11H12F5NO. The number of aliphatic hydroxyl groups is 1. The van der Waals surface area contributed by atoms with E-state index in [9.17, 15) is 22.0 Å². The number of rotatable bonds is 5. The van der Waals surface area contributed by atoms with Crippen LogP contribution in [0, 0.1) is 11.6 Å². The van der Waals surface area contributed by atoms with Crippen molar-refractivity contribution in [1.29, 1.82) is 0 Å². The molecule has 1 N–H and O–H groups in total. The first-order chi connectivity index (χ1) is 8.33. The monoisotopic (exact) mass is 269 g/mol. The molecule has 0 aromatic heterocycles. The molecular weight excluding hydrogens is 257 g/mol. The Balaban J connectivity index is 2.83. The lowest BCUT2D eigenvalue weighted by molar-refractivity contribution is -0.148. The highest BCUT2D eigenvalue weighted by atomic mass is 19.4. The van der Waals surface area contributed by atoms with E-state index in [1.165, 1.54) is 0 Å². The number of aliphatic hydroxyl groups excluding tert-OH is 1. The molecule has 0 unspecified atom stereocenters. The molecule has 0 saturated heterocycles. The summed E-state index contributed by atoms with van der Waals surface area (Å²) in [5.74, 6) is -1.81. The van der Waals surface area contributed by atoms with Gasteiger partial charge in [0.2, 0.25) is 0 Å². The zero-order chi connectivity index (χ0) is 13.8. The molecule has 1 aromatic rings. The average molecular weight is 269 g/mol. The van der Waals surface area contributed by atoms with Gasteiger partial charge in [-0.3, -0.25) is 4.90 Å². The highest BCUT2D eigenvalue weighted by molar-refractivity contribution is 5.19.